The molecular formula is C13H17FN2O2. The average Bonchev–Trinajstić information content (AvgIpc) is 2.34. The van der Waals surface area contributed by atoms with Crippen LogP contribution in [0.2, 0.25) is 0 Å². The molecule has 1 fully saturated rings. The largest absolute Gasteiger partial charge is 0.375 e. The first kappa shape index (κ1) is 13.0. The molecule has 0 radical (unpaired) electrons. The molecule has 2 rings (SSSR count). The molecule has 0 bridgehead atoms. The Morgan fingerprint density at radius 2 is 2.33 bits per heavy atom. The highest BCUT2D eigenvalue weighted by Crippen LogP contribution is 2.15. The summed E-state index contributed by atoms with van der Waals surface area (Å²) in [6, 6.07) is 4.14. The summed E-state index contributed by atoms with van der Waals surface area (Å²) in [5, 5.41) is 5.87. The summed E-state index contributed by atoms with van der Waals surface area (Å²) in [7, 11) is 0. The molecule has 0 aliphatic carbocycles. The number of carbonyl (C=O) groups excluding carboxylic acids is 1. The zero-order chi connectivity index (χ0) is 13.1. The Kier molecular flexibility index (Phi) is 3.93. The lowest BCUT2D eigenvalue weighted by molar-refractivity contribution is -0.123. The van der Waals surface area contributed by atoms with Gasteiger partial charge in [0.15, 0.2) is 0 Å². The smallest absolute Gasteiger partial charge is 0.244 e. The first-order chi connectivity index (χ1) is 8.58. The van der Waals surface area contributed by atoms with E-state index in [9.17, 15) is 9.18 Å². The summed E-state index contributed by atoms with van der Waals surface area (Å²) < 4.78 is 18.5. The average molecular weight is 252 g/mol. The van der Waals surface area contributed by atoms with Crippen molar-refractivity contribution in [3.63, 3.8) is 0 Å². The third kappa shape index (κ3) is 2.86. The number of amides is 1. The van der Waals surface area contributed by atoms with E-state index in [0.29, 0.717) is 24.4 Å². The molecule has 1 aromatic rings. The lowest BCUT2D eigenvalue weighted by Crippen LogP contribution is -2.53. The van der Waals surface area contributed by atoms with Crippen LogP contribution in [0, 0.1) is 12.7 Å². The maximum absolute atomic E-state index is 13.1. The molecule has 1 heterocycles. The Hall–Kier alpha value is -1.46. The maximum Gasteiger partial charge on any atom is 0.244 e. The monoisotopic (exact) mass is 252 g/mol. The molecule has 1 saturated heterocycles. The SMILES string of the molecule is Cc1cc(NC(=O)[C@H]2NCCO[C@@H]2C)ccc1F. The first-order valence-corrected chi connectivity index (χ1v) is 6.00. The second-order valence-electron chi connectivity index (χ2n) is 4.46. The maximum atomic E-state index is 13.1. The van der Waals surface area contributed by atoms with E-state index < -0.39 is 0 Å². The van der Waals surface area contributed by atoms with Crippen molar-refractivity contribution in [2.24, 2.45) is 0 Å². The van der Waals surface area contributed by atoms with E-state index >= 15 is 0 Å². The number of nitrogens with one attached hydrogen (secondary N) is 2. The zero-order valence-electron chi connectivity index (χ0n) is 10.5. The van der Waals surface area contributed by atoms with E-state index in [0.717, 1.165) is 0 Å². The number of ether oxygens (including phenoxy) is 1. The Balaban J connectivity index is 2.04. The van der Waals surface area contributed by atoms with Crippen molar-refractivity contribution >= 4 is 11.6 Å². The van der Waals surface area contributed by atoms with Crippen LogP contribution in [0.5, 0.6) is 0 Å². The standard InChI is InChI=1S/C13H17FN2O2/c1-8-7-10(3-4-11(8)14)16-13(17)12-9(2)18-6-5-15-12/h3-4,7,9,12,15H,5-6H2,1-2H3,(H,16,17)/t9-,12+/m1/s1. The number of aryl methyl sites for hydroxylation is 1. The lowest BCUT2D eigenvalue weighted by Gasteiger charge is -2.29. The molecule has 0 unspecified atom stereocenters. The van der Waals surface area contributed by atoms with Crippen LogP contribution in [0.15, 0.2) is 18.2 Å². The molecule has 0 spiro atoms. The van der Waals surface area contributed by atoms with Gasteiger partial charge in [-0.25, -0.2) is 4.39 Å². The van der Waals surface area contributed by atoms with E-state index in [2.05, 4.69) is 10.6 Å². The fourth-order valence-electron chi connectivity index (χ4n) is 1.97. The highest BCUT2D eigenvalue weighted by molar-refractivity contribution is 5.95. The Labute approximate surface area is 106 Å². The van der Waals surface area contributed by atoms with Gasteiger partial charge >= 0.3 is 0 Å². The van der Waals surface area contributed by atoms with Gasteiger partial charge in [0, 0.05) is 12.2 Å². The number of halogens is 1. The molecule has 2 N–H and O–H groups in total. The van der Waals surface area contributed by atoms with Gasteiger partial charge in [-0.05, 0) is 37.6 Å². The third-order valence-electron chi connectivity index (χ3n) is 3.02. The fraction of sp³-hybridized carbons (Fsp3) is 0.462. The number of rotatable bonds is 2. The van der Waals surface area contributed by atoms with E-state index in [1.165, 1.54) is 6.07 Å². The Morgan fingerprint density at radius 3 is 3.00 bits per heavy atom. The molecule has 2 atom stereocenters. The van der Waals surface area contributed by atoms with Crippen LogP contribution in [0.3, 0.4) is 0 Å². The lowest BCUT2D eigenvalue weighted by atomic mass is 10.1. The molecule has 1 aliphatic heterocycles. The molecular weight excluding hydrogens is 235 g/mol. The molecule has 5 heteroatoms. The highest BCUT2D eigenvalue weighted by atomic mass is 19.1. The van der Waals surface area contributed by atoms with Crippen molar-refractivity contribution < 1.29 is 13.9 Å². The minimum absolute atomic E-state index is 0.159. The van der Waals surface area contributed by atoms with Crippen LogP contribution in [-0.4, -0.2) is 31.2 Å². The number of hydrogen-bond acceptors (Lipinski definition) is 3. The van der Waals surface area contributed by atoms with Gasteiger partial charge in [-0.15, -0.1) is 0 Å². The summed E-state index contributed by atoms with van der Waals surface area (Å²) in [5.41, 5.74) is 1.10. The number of carbonyl (C=O) groups is 1. The van der Waals surface area contributed by atoms with Gasteiger partial charge < -0.3 is 15.4 Å². The number of hydrogen-bond donors (Lipinski definition) is 2. The summed E-state index contributed by atoms with van der Waals surface area (Å²) in [5.74, 6) is -0.436. The molecule has 18 heavy (non-hydrogen) atoms. The molecule has 1 amide bonds. The van der Waals surface area contributed by atoms with Crippen LogP contribution >= 0.6 is 0 Å². The Morgan fingerprint density at radius 1 is 1.56 bits per heavy atom. The second-order valence-corrected chi connectivity index (χ2v) is 4.46. The van der Waals surface area contributed by atoms with Gasteiger partial charge in [0.05, 0.1) is 12.7 Å². The van der Waals surface area contributed by atoms with E-state index in [1.807, 2.05) is 6.92 Å². The fourth-order valence-corrected chi connectivity index (χ4v) is 1.97. The number of benzene rings is 1. The molecule has 98 valence electrons. The Bertz CT molecular complexity index is 451. The van der Waals surface area contributed by atoms with Crippen molar-refractivity contribution in [1.82, 2.24) is 5.32 Å². The van der Waals surface area contributed by atoms with Gasteiger partial charge in [0.1, 0.15) is 11.9 Å². The first-order valence-electron chi connectivity index (χ1n) is 6.00. The van der Waals surface area contributed by atoms with Crippen molar-refractivity contribution in [2.75, 3.05) is 18.5 Å². The van der Waals surface area contributed by atoms with Gasteiger partial charge in [-0.2, -0.15) is 0 Å². The summed E-state index contributed by atoms with van der Waals surface area (Å²) in [4.78, 5) is 12.0. The van der Waals surface area contributed by atoms with Gasteiger partial charge in [0.2, 0.25) is 5.91 Å². The number of anilines is 1. The predicted molar refractivity (Wildman–Crippen MR) is 67.0 cm³/mol. The topological polar surface area (TPSA) is 50.4 Å². The van der Waals surface area contributed by atoms with Crippen LogP contribution < -0.4 is 10.6 Å². The summed E-state index contributed by atoms with van der Waals surface area (Å²) in [6.07, 6.45) is -0.166. The second kappa shape index (κ2) is 5.46. The van der Waals surface area contributed by atoms with Gasteiger partial charge in [-0.3, -0.25) is 4.79 Å². The van der Waals surface area contributed by atoms with Crippen LogP contribution in [0.1, 0.15) is 12.5 Å². The van der Waals surface area contributed by atoms with Crippen LogP contribution in [0.4, 0.5) is 10.1 Å². The summed E-state index contributed by atoms with van der Waals surface area (Å²) >= 11 is 0. The highest BCUT2D eigenvalue weighted by Gasteiger charge is 2.28. The van der Waals surface area contributed by atoms with Crippen molar-refractivity contribution in [1.29, 1.82) is 0 Å². The third-order valence-corrected chi connectivity index (χ3v) is 3.02. The predicted octanol–water partition coefficient (Wildman–Crippen LogP) is 1.45. The van der Waals surface area contributed by atoms with Crippen molar-refractivity contribution in [3.05, 3.63) is 29.6 Å². The number of morpholine rings is 1. The van der Waals surface area contributed by atoms with E-state index in [1.54, 1.807) is 19.1 Å². The van der Waals surface area contributed by atoms with Gasteiger partial charge in [-0.1, -0.05) is 0 Å². The normalized spacial score (nSPS) is 23.7. The molecule has 4 nitrogen and oxygen atoms in total. The molecule has 1 aliphatic rings. The van der Waals surface area contributed by atoms with E-state index in [-0.39, 0.29) is 23.9 Å². The van der Waals surface area contributed by atoms with E-state index in [4.69, 9.17) is 4.74 Å². The molecule has 1 aromatic carbocycles. The minimum Gasteiger partial charge on any atom is -0.375 e. The van der Waals surface area contributed by atoms with Crippen LogP contribution in [0.25, 0.3) is 0 Å². The van der Waals surface area contributed by atoms with Crippen molar-refractivity contribution in [3.8, 4) is 0 Å². The molecule has 0 saturated carbocycles. The van der Waals surface area contributed by atoms with Crippen LogP contribution in [-0.2, 0) is 9.53 Å². The van der Waals surface area contributed by atoms with Crippen molar-refractivity contribution in [2.45, 2.75) is 26.0 Å². The zero-order valence-corrected chi connectivity index (χ0v) is 10.5. The molecule has 0 aromatic heterocycles. The van der Waals surface area contributed by atoms with Gasteiger partial charge in [0.25, 0.3) is 0 Å². The minimum atomic E-state index is -0.371. The summed E-state index contributed by atoms with van der Waals surface area (Å²) in [6.45, 7) is 4.79. The quantitative estimate of drug-likeness (QED) is 0.837.